The first-order chi connectivity index (χ1) is 16.3. The van der Waals surface area contributed by atoms with Gasteiger partial charge in [0, 0.05) is 23.9 Å². The van der Waals surface area contributed by atoms with E-state index in [0.29, 0.717) is 18.3 Å². The lowest BCUT2D eigenvalue weighted by molar-refractivity contribution is 0.306. The van der Waals surface area contributed by atoms with Crippen molar-refractivity contribution in [1.29, 1.82) is 0 Å². The number of nitrogen functional groups attached to an aromatic ring is 1. The first kappa shape index (κ1) is 19.5. The maximum absolute atomic E-state index is 6.27. The number of benzene rings is 2. The van der Waals surface area contributed by atoms with E-state index in [9.17, 15) is 0 Å². The highest BCUT2D eigenvalue weighted by atomic mass is 16.5. The van der Waals surface area contributed by atoms with Crippen molar-refractivity contribution in [3.63, 3.8) is 0 Å². The summed E-state index contributed by atoms with van der Waals surface area (Å²) in [4.78, 5) is 13.3. The van der Waals surface area contributed by atoms with Crippen LogP contribution in [0.15, 0.2) is 73.6 Å². The zero-order chi connectivity index (χ0) is 22.2. The number of aromatic nitrogens is 6. The molecule has 0 radical (unpaired) electrons. The lowest BCUT2D eigenvalue weighted by Crippen LogP contribution is -2.12. The fourth-order valence-electron chi connectivity index (χ4n) is 4.23. The Morgan fingerprint density at radius 1 is 1.09 bits per heavy atom. The van der Waals surface area contributed by atoms with Crippen molar-refractivity contribution < 1.29 is 4.74 Å². The molecule has 5 aromatic rings. The van der Waals surface area contributed by atoms with Crippen LogP contribution in [0.25, 0.3) is 22.5 Å². The van der Waals surface area contributed by atoms with Gasteiger partial charge in [-0.05, 0) is 42.7 Å². The van der Waals surface area contributed by atoms with E-state index in [1.807, 2.05) is 54.7 Å². The quantitative estimate of drug-likeness (QED) is 0.423. The third-order valence-electron chi connectivity index (χ3n) is 6.21. The monoisotopic (exact) mass is 437 g/mol. The highest BCUT2D eigenvalue weighted by Crippen LogP contribution is 2.39. The highest BCUT2D eigenvalue weighted by Gasteiger charge is 2.26. The van der Waals surface area contributed by atoms with Gasteiger partial charge < -0.3 is 10.5 Å². The van der Waals surface area contributed by atoms with E-state index in [1.165, 1.54) is 25.6 Å². The second-order valence-corrected chi connectivity index (χ2v) is 8.30. The van der Waals surface area contributed by atoms with Gasteiger partial charge in [-0.3, -0.25) is 4.40 Å². The van der Waals surface area contributed by atoms with Crippen LogP contribution in [0, 0.1) is 0 Å². The van der Waals surface area contributed by atoms with Crippen LogP contribution in [0.5, 0.6) is 5.75 Å². The summed E-state index contributed by atoms with van der Waals surface area (Å²) in [6.07, 6.45) is 10.5. The predicted molar refractivity (Wildman–Crippen MR) is 125 cm³/mol. The van der Waals surface area contributed by atoms with Crippen molar-refractivity contribution in [3.8, 4) is 22.7 Å². The summed E-state index contributed by atoms with van der Waals surface area (Å²) in [6.45, 7) is 0.460. The van der Waals surface area contributed by atoms with Crippen LogP contribution in [0.3, 0.4) is 0 Å². The zero-order valence-electron chi connectivity index (χ0n) is 18.0. The van der Waals surface area contributed by atoms with Gasteiger partial charge >= 0.3 is 0 Å². The Hall–Kier alpha value is -4.20. The number of ether oxygens (including phenoxy) is 1. The van der Waals surface area contributed by atoms with E-state index in [4.69, 9.17) is 15.5 Å². The number of imidazole rings is 1. The van der Waals surface area contributed by atoms with E-state index in [-0.39, 0.29) is 0 Å². The SMILES string of the molecule is Nc1nccn2c(C3CCC3)nc(-c3cccc(OCc4ccc(-n5cncn5)cc4)c3)c12. The molecule has 0 spiro atoms. The third kappa shape index (κ3) is 3.59. The molecule has 0 aliphatic heterocycles. The fraction of sp³-hybridized carbons (Fsp3) is 0.200. The number of hydrogen-bond donors (Lipinski definition) is 1. The summed E-state index contributed by atoms with van der Waals surface area (Å²) in [7, 11) is 0. The van der Waals surface area contributed by atoms with E-state index in [0.717, 1.165) is 39.6 Å². The minimum absolute atomic E-state index is 0.460. The molecule has 1 saturated carbocycles. The molecule has 2 N–H and O–H groups in total. The third-order valence-corrected chi connectivity index (χ3v) is 6.21. The minimum Gasteiger partial charge on any atom is -0.489 e. The maximum atomic E-state index is 6.27. The van der Waals surface area contributed by atoms with Crippen molar-refractivity contribution >= 4 is 11.3 Å². The molecule has 8 heteroatoms. The highest BCUT2D eigenvalue weighted by molar-refractivity contribution is 5.85. The van der Waals surface area contributed by atoms with Crippen molar-refractivity contribution in [3.05, 3.63) is 85.0 Å². The second kappa shape index (κ2) is 8.05. The number of rotatable bonds is 6. The molecular formula is C25H23N7O. The van der Waals surface area contributed by atoms with Gasteiger partial charge in [-0.2, -0.15) is 5.10 Å². The Bertz CT molecular complexity index is 1400. The Morgan fingerprint density at radius 2 is 1.97 bits per heavy atom. The molecule has 0 unspecified atom stereocenters. The smallest absolute Gasteiger partial charge is 0.150 e. The molecule has 0 saturated heterocycles. The normalized spacial score (nSPS) is 13.8. The van der Waals surface area contributed by atoms with Crippen LogP contribution in [0.2, 0.25) is 0 Å². The fourth-order valence-corrected chi connectivity index (χ4v) is 4.23. The van der Waals surface area contributed by atoms with Crippen LogP contribution in [-0.2, 0) is 6.61 Å². The van der Waals surface area contributed by atoms with Gasteiger partial charge in [0.15, 0.2) is 0 Å². The lowest BCUT2D eigenvalue weighted by atomic mass is 9.85. The van der Waals surface area contributed by atoms with Crippen LogP contribution in [0.1, 0.15) is 36.6 Å². The Morgan fingerprint density at radius 3 is 2.73 bits per heavy atom. The number of fused-ring (bicyclic) bond motifs is 1. The Labute approximate surface area is 190 Å². The van der Waals surface area contributed by atoms with Gasteiger partial charge in [0.1, 0.15) is 47.9 Å². The largest absolute Gasteiger partial charge is 0.489 e. The van der Waals surface area contributed by atoms with Crippen LogP contribution in [-0.4, -0.2) is 29.1 Å². The number of nitrogens with two attached hydrogens (primary N) is 1. The van der Waals surface area contributed by atoms with E-state index in [1.54, 1.807) is 17.2 Å². The van der Waals surface area contributed by atoms with Gasteiger partial charge in [-0.1, -0.05) is 30.7 Å². The first-order valence-electron chi connectivity index (χ1n) is 11.1. The number of anilines is 1. The van der Waals surface area contributed by atoms with Gasteiger partial charge in [-0.15, -0.1) is 0 Å². The first-order valence-corrected chi connectivity index (χ1v) is 11.1. The summed E-state index contributed by atoms with van der Waals surface area (Å²) in [6, 6.07) is 16.1. The summed E-state index contributed by atoms with van der Waals surface area (Å²) < 4.78 is 9.92. The van der Waals surface area contributed by atoms with Crippen molar-refractivity contribution in [2.24, 2.45) is 0 Å². The van der Waals surface area contributed by atoms with Gasteiger partial charge in [-0.25, -0.2) is 19.6 Å². The summed E-state index contributed by atoms with van der Waals surface area (Å²) >= 11 is 0. The molecule has 0 amide bonds. The molecule has 3 heterocycles. The molecular weight excluding hydrogens is 414 g/mol. The average Bonchev–Trinajstić information content (AvgIpc) is 3.47. The van der Waals surface area contributed by atoms with Crippen molar-refractivity contribution in [2.75, 3.05) is 5.73 Å². The Kier molecular flexibility index (Phi) is 4.75. The molecule has 2 aromatic carbocycles. The van der Waals surface area contributed by atoms with E-state index in [2.05, 4.69) is 19.5 Å². The lowest BCUT2D eigenvalue weighted by Gasteiger charge is -2.23. The number of nitrogens with zero attached hydrogens (tertiary/aromatic N) is 6. The molecule has 33 heavy (non-hydrogen) atoms. The topological polar surface area (TPSA) is 96.2 Å². The van der Waals surface area contributed by atoms with Gasteiger partial charge in [0.05, 0.1) is 5.69 Å². The summed E-state index contributed by atoms with van der Waals surface area (Å²) in [5, 5.41) is 4.15. The molecule has 164 valence electrons. The molecule has 0 bridgehead atoms. The molecule has 8 nitrogen and oxygen atoms in total. The molecule has 1 aliphatic rings. The standard InChI is InChI=1S/C25H23N7O/c26-24-23-22(30-25(18-3-1-4-18)31(23)12-11-28-24)19-5-2-6-21(13-19)33-14-17-7-9-20(10-8-17)32-16-27-15-29-32/h2,5-13,15-16,18H,1,3-4,14H2,(H2,26,28). The minimum atomic E-state index is 0.460. The summed E-state index contributed by atoms with van der Waals surface area (Å²) in [5.74, 6) is 2.82. The second-order valence-electron chi connectivity index (χ2n) is 8.30. The van der Waals surface area contributed by atoms with Gasteiger partial charge in [0.2, 0.25) is 0 Å². The average molecular weight is 438 g/mol. The molecule has 0 atom stereocenters. The zero-order valence-corrected chi connectivity index (χ0v) is 18.0. The van der Waals surface area contributed by atoms with E-state index < -0.39 is 0 Å². The molecule has 6 rings (SSSR count). The van der Waals surface area contributed by atoms with Gasteiger partial charge in [0.25, 0.3) is 0 Å². The van der Waals surface area contributed by atoms with Crippen LogP contribution in [0.4, 0.5) is 5.82 Å². The summed E-state index contributed by atoms with van der Waals surface area (Å²) in [5.41, 5.74) is 11.0. The van der Waals surface area contributed by atoms with Crippen LogP contribution >= 0.6 is 0 Å². The maximum Gasteiger partial charge on any atom is 0.150 e. The van der Waals surface area contributed by atoms with Crippen molar-refractivity contribution in [2.45, 2.75) is 31.8 Å². The Balaban J connectivity index is 1.26. The van der Waals surface area contributed by atoms with E-state index >= 15 is 0 Å². The predicted octanol–water partition coefficient (Wildman–Crippen LogP) is 4.41. The molecule has 3 aromatic heterocycles. The molecule has 1 aliphatic carbocycles. The van der Waals surface area contributed by atoms with Crippen molar-refractivity contribution in [1.82, 2.24) is 29.1 Å². The van der Waals surface area contributed by atoms with Crippen LogP contribution < -0.4 is 10.5 Å². The number of hydrogen-bond acceptors (Lipinski definition) is 6. The molecule has 1 fully saturated rings.